The number of hydrogen-bond donors (Lipinski definition) is 1. The average molecular weight is 395 g/mol. The van der Waals surface area contributed by atoms with Gasteiger partial charge in [-0.1, -0.05) is 30.4 Å². The molecule has 144 valence electrons. The number of hydrogen-bond acceptors (Lipinski definition) is 5. The van der Waals surface area contributed by atoms with Crippen molar-refractivity contribution in [1.29, 1.82) is 0 Å². The Labute approximate surface area is 167 Å². The number of carbonyl (C=O) groups is 1. The molecular formula is C21H22N4O2S. The molecule has 0 bridgehead atoms. The van der Waals surface area contributed by atoms with Crippen LogP contribution in [-0.2, 0) is 11.2 Å². The lowest BCUT2D eigenvalue weighted by Crippen LogP contribution is -2.48. The van der Waals surface area contributed by atoms with Gasteiger partial charge in [-0.2, -0.15) is 0 Å². The van der Waals surface area contributed by atoms with E-state index in [1.165, 1.54) is 17.0 Å². The molecule has 1 aliphatic carbocycles. The smallest absolute Gasteiger partial charge is 0.259 e. The number of thiophene rings is 1. The molecule has 28 heavy (non-hydrogen) atoms. The van der Waals surface area contributed by atoms with E-state index in [0.717, 1.165) is 17.9 Å². The summed E-state index contributed by atoms with van der Waals surface area (Å²) in [5.41, 5.74) is 1.03. The largest absolute Gasteiger partial charge is 0.368 e. The summed E-state index contributed by atoms with van der Waals surface area (Å²) >= 11 is 1.44. The van der Waals surface area contributed by atoms with E-state index >= 15 is 0 Å². The first kappa shape index (κ1) is 18.4. The molecule has 2 aromatic rings. The Morgan fingerprint density at radius 1 is 1.11 bits per heavy atom. The second kappa shape index (κ2) is 8.39. The summed E-state index contributed by atoms with van der Waals surface area (Å²) < 4.78 is 0. The highest BCUT2D eigenvalue weighted by Gasteiger charge is 2.21. The lowest BCUT2D eigenvalue weighted by Gasteiger charge is -2.36. The minimum atomic E-state index is -0.133. The van der Waals surface area contributed by atoms with Gasteiger partial charge in [0, 0.05) is 44.7 Å². The van der Waals surface area contributed by atoms with Crippen LogP contribution in [0.1, 0.15) is 12.2 Å². The molecule has 2 aliphatic rings. The van der Waals surface area contributed by atoms with Gasteiger partial charge in [0.1, 0.15) is 10.7 Å². The quantitative estimate of drug-likeness (QED) is 0.866. The fraction of sp³-hybridized carbons (Fsp3) is 0.286. The highest BCUT2D eigenvalue weighted by molar-refractivity contribution is 7.16. The van der Waals surface area contributed by atoms with Crippen molar-refractivity contribution < 1.29 is 4.79 Å². The third kappa shape index (κ3) is 4.14. The van der Waals surface area contributed by atoms with Gasteiger partial charge in [0.2, 0.25) is 5.91 Å². The molecule has 6 nitrogen and oxygen atoms in total. The van der Waals surface area contributed by atoms with Crippen molar-refractivity contribution in [2.75, 3.05) is 26.2 Å². The first-order chi connectivity index (χ1) is 13.7. The summed E-state index contributed by atoms with van der Waals surface area (Å²) in [5, 5.41) is 2.47. The Morgan fingerprint density at radius 3 is 2.75 bits per heavy atom. The highest BCUT2D eigenvalue weighted by Crippen LogP contribution is 2.16. The number of aromatic amines is 1. The van der Waals surface area contributed by atoms with E-state index in [-0.39, 0.29) is 11.5 Å². The van der Waals surface area contributed by atoms with Crippen LogP contribution in [0.15, 0.2) is 64.5 Å². The predicted octanol–water partition coefficient (Wildman–Crippen LogP) is 2.63. The van der Waals surface area contributed by atoms with E-state index in [1.807, 2.05) is 40.7 Å². The van der Waals surface area contributed by atoms with Crippen molar-refractivity contribution in [2.45, 2.75) is 12.8 Å². The molecule has 0 aromatic carbocycles. The predicted molar refractivity (Wildman–Crippen MR) is 112 cm³/mol. The van der Waals surface area contributed by atoms with Crippen LogP contribution in [0.3, 0.4) is 0 Å². The Morgan fingerprint density at radius 2 is 1.89 bits per heavy atom. The molecule has 0 spiro atoms. The second-order valence-electron chi connectivity index (χ2n) is 6.74. The maximum absolute atomic E-state index is 12.6. The summed E-state index contributed by atoms with van der Waals surface area (Å²) in [6, 6.07) is 1.77. The molecule has 3 heterocycles. The van der Waals surface area contributed by atoms with Crippen molar-refractivity contribution in [1.82, 2.24) is 19.8 Å². The normalized spacial score (nSPS) is 22.2. The van der Waals surface area contributed by atoms with Gasteiger partial charge in [-0.05, 0) is 23.6 Å². The van der Waals surface area contributed by atoms with Gasteiger partial charge in [0.05, 0.1) is 5.39 Å². The molecule has 1 N–H and O–H groups in total. The SMILES string of the molecule is O=C(CCc1nc2sccc2c(=O)[nH]1)N1CCN(C2=C/C=C\C=C/C=C\2)CC1. The zero-order valence-electron chi connectivity index (χ0n) is 15.5. The number of amides is 1. The van der Waals surface area contributed by atoms with Gasteiger partial charge in [-0.3, -0.25) is 9.59 Å². The number of rotatable bonds is 4. The lowest BCUT2D eigenvalue weighted by molar-refractivity contribution is -0.132. The summed E-state index contributed by atoms with van der Waals surface area (Å²) in [6.07, 6.45) is 15.1. The van der Waals surface area contributed by atoms with E-state index in [1.54, 1.807) is 6.07 Å². The van der Waals surface area contributed by atoms with Crippen molar-refractivity contribution in [3.8, 4) is 0 Å². The van der Waals surface area contributed by atoms with E-state index in [0.29, 0.717) is 37.1 Å². The monoisotopic (exact) mass is 394 g/mol. The van der Waals surface area contributed by atoms with Crippen LogP contribution in [0.25, 0.3) is 10.2 Å². The topological polar surface area (TPSA) is 69.3 Å². The van der Waals surface area contributed by atoms with Crippen LogP contribution < -0.4 is 5.56 Å². The van der Waals surface area contributed by atoms with Crippen LogP contribution >= 0.6 is 11.3 Å². The van der Waals surface area contributed by atoms with Gasteiger partial charge in [0.15, 0.2) is 0 Å². The van der Waals surface area contributed by atoms with E-state index in [2.05, 4.69) is 27.0 Å². The molecular weight excluding hydrogens is 372 g/mol. The number of aromatic nitrogens is 2. The van der Waals surface area contributed by atoms with Crippen molar-refractivity contribution in [3.63, 3.8) is 0 Å². The molecule has 1 aliphatic heterocycles. The summed E-state index contributed by atoms with van der Waals surface area (Å²) in [4.78, 5) is 36.8. The van der Waals surface area contributed by atoms with Crippen molar-refractivity contribution >= 4 is 27.5 Å². The van der Waals surface area contributed by atoms with E-state index in [4.69, 9.17) is 0 Å². The van der Waals surface area contributed by atoms with Crippen molar-refractivity contribution in [2.24, 2.45) is 0 Å². The van der Waals surface area contributed by atoms with Crippen LogP contribution in [-0.4, -0.2) is 51.9 Å². The minimum absolute atomic E-state index is 0.110. The Bertz CT molecular complexity index is 1040. The first-order valence-corrected chi connectivity index (χ1v) is 10.3. The highest BCUT2D eigenvalue weighted by atomic mass is 32.1. The molecule has 0 atom stereocenters. The third-order valence-electron chi connectivity index (χ3n) is 4.94. The van der Waals surface area contributed by atoms with Gasteiger partial charge in [-0.15, -0.1) is 11.3 Å². The van der Waals surface area contributed by atoms with Gasteiger partial charge >= 0.3 is 0 Å². The number of piperazine rings is 1. The van der Waals surface area contributed by atoms with Crippen molar-refractivity contribution in [3.05, 3.63) is 75.9 Å². The second-order valence-corrected chi connectivity index (χ2v) is 7.63. The van der Waals surface area contributed by atoms with Gasteiger partial charge < -0.3 is 14.8 Å². The molecule has 1 fully saturated rings. The third-order valence-corrected chi connectivity index (χ3v) is 5.74. The number of aryl methyl sites for hydroxylation is 1. The molecule has 0 saturated carbocycles. The fourth-order valence-electron chi connectivity index (χ4n) is 3.39. The Balaban J connectivity index is 1.32. The Kier molecular flexibility index (Phi) is 5.53. The summed E-state index contributed by atoms with van der Waals surface area (Å²) in [7, 11) is 0. The number of fused-ring (bicyclic) bond motifs is 1. The molecule has 4 rings (SSSR count). The molecule has 7 heteroatoms. The number of carbonyl (C=O) groups excluding carboxylic acids is 1. The number of allylic oxidation sites excluding steroid dienone is 7. The number of H-pyrrole nitrogens is 1. The number of nitrogens with one attached hydrogen (secondary N) is 1. The van der Waals surface area contributed by atoms with Gasteiger partial charge in [-0.25, -0.2) is 4.98 Å². The maximum atomic E-state index is 12.6. The first-order valence-electron chi connectivity index (χ1n) is 9.41. The standard InChI is InChI=1S/C21H22N4O2S/c26-19(9-8-18-22-20(27)17-10-15-28-21(17)23-18)25-13-11-24(12-14-25)16-6-4-2-1-3-5-7-16/h1-7,10,15H,8-9,11-14H2,(H,22,23,27)/b2-1-,3-1?,4-2?,5-3-,6-4-,7-5?,16-6?,16-7+. The molecule has 2 aromatic heterocycles. The van der Waals surface area contributed by atoms with E-state index < -0.39 is 0 Å². The zero-order chi connectivity index (χ0) is 19.3. The zero-order valence-corrected chi connectivity index (χ0v) is 16.3. The summed E-state index contributed by atoms with van der Waals surface area (Å²) in [5.74, 6) is 0.690. The average Bonchev–Trinajstić information content (AvgIpc) is 3.15. The van der Waals surface area contributed by atoms with Crippen LogP contribution in [0.2, 0.25) is 0 Å². The lowest BCUT2D eigenvalue weighted by atomic mass is 10.2. The maximum Gasteiger partial charge on any atom is 0.259 e. The van der Waals surface area contributed by atoms with E-state index in [9.17, 15) is 9.59 Å². The van der Waals surface area contributed by atoms with Crippen LogP contribution in [0, 0.1) is 0 Å². The Hall–Kier alpha value is -2.93. The molecule has 0 unspecified atom stereocenters. The van der Waals surface area contributed by atoms with Crippen LogP contribution in [0.5, 0.6) is 0 Å². The fourth-order valence-corrected chi connectivity index (χ4v) is 4.18. The molecule has 1 saturated heterocycles. The molecule has 1 amide bonds. The summed E-state index contributed by atoms with van der Waals surface area (Å²) in [6.45, 7) is 3.04. The molecule has 0 radical (unpaired) electrons. The minimum Gasteiger partial charge on any atom is -0.368 e. The van der Waals surface area contributed by atoms with Gasteiger partial charge in [0.25, 0.3) is 5.56 Å². The van der Waals surface area contributed by atoms with Crippen LogP contribution in [0.4, 0.5) is 0 Å². The number of nitrogens with zero attached hydrogens (tertiary/aromatic N) is 3.